The summed E-state index contributed by atoms with van der Waals surface area (Å²) in [7, 11) is 1.81. The molecule has 2 rings (SSSR count). The molecular formula is C19H24N4O3. The molecule has 0 saturated heterocycles. The van der Waals surface area contributed by atoms with Crippen LogP contribution in [0.2, 0.25) is 0 Å². The second kappa shape index (κ2) is 8.84. The summed E-state index contributed by atoms with van der Waals surface area (Å²) < 4.78 is 7.20. The average Bonchev–Trinajstić information content (AvgIpc) is 2.85. The average molecular weight is 356 g/mol. The Hall–Kier alpha value is -3.09. The molecule has 0 fully saturated rings. The fraction of sp³-hybridized carbons (Fsp3) is 0.316. The minimum Gasteiger partial charge on any atom is -0.493 e. The molecule has 2 N–H and O–H groups in total. The summed E-state index contributed by atoms with van der Waals surface area (Å²) in [6, 6.07) is 7.43. The number of nitrogens with one attached hydrogen (secondary N) is 2. The second-order valence-corrected chi connectivity index (χ2v) is 5.74. The summed E-state index contributed by atoms with van der Waals surface area (Å²) in [6.07, 6.45) is 3.04. The Bertz CT molecular complexity index is 824. The summed E-state index contributed by atoms with van der Waals surface area (Å²) in [5.74, 6) is 0.0473. The summed E-state index contributed by atoms with van der Waals surface area (Å²) in [6.45, 7) is 6.01. The van der Waals surface area contributed by atoms with Crippen molar-refractivity contribution in [3.05, 3.63) is 47.3 Å². The van der Waals surface area contributed by atoms with Crippen LogP contribution in [0.15, 0.2) is 30.3 Å². The van der Waals surface area contributed by atoms with Crippen LogP contribution in [-0.2, 0) is 16.6 Å². The molecule has 1 aromatic carbocycles. The molecule has 0 unspecified atom stereocenters. The highest BCUT2D eigenvalue weighted by Gasteiger charge is 2.12. The predicted molar refractivity (Wildman–Crippen MR) is 101 cm³/mol. The zero-order chi connectivity index (χ0) is 19.1. The van der Waals surface area contributed by atoms with E-state index in [0.717, 1.165) is 17.0 Å². The molecule has 0 aliphatic carbocycles. The fourth-order valence-electron chi connectivity index (χ4n) is 2.44. The lowest BCUT2D eigenvalue weighted by atomic mass is 10.2. The molecule has 1 aromatic heterocycles. The number of para-hydroxylation sites is 1. The van der Waals surface area contributed by atoms with Gasteiger partial charge < -0.3 is 15.4 Å². The Balaban J connectivity index is 1.89. The van der Waals surface area contributed by atoms with E-state index in [-0.39, 0.29) is 18.4 Å². The lowest BCUT2D eigenvalue weighted by Crippen LogP contribution is -2.31. The highest BCUT2D eigenvalue weighted by Crippen LogP contribution is 2.19. The first kappa shape index (κ1) is 19.2. The number of carbonyl (C=O) groups is 2. The number of amides is 2. The summed E-state index contributed by atoms with van der Waals surface area (Å²) in [5.41, 5.74) is 3.07. The number of anilines is 1. The maximum Gasteiger partial charge on any atom is 0.244 e. The molecule has 0 bridgehead atoms. The lowest BCUT2D eigenvalue weighted by molar-refractivity contribution is -0.121. The van der Waals surface area contributed by atoms with Gasteiger partial charge in [-0.3, -0.25) is 14.3 Å². The summed E-state index contributed by atoms with van der Waals surface area (Å²) >= 11 is 0. The van der Waals surface area contributed by atoms with Crippen LogP contribution in [0.3, 0.4) is 0 Å². The van der Waals surface area contributed by atoms with E-state index < -0.39 is 0 Å². The number of carbonyl (C=O) groups excluding carboxylic acids is 2. The molecule has 7 heteroatoms. The number of hydrogen-bond acceptors (Lipinski definition) is 4. The van der Waals surface area contributed by atoms with Gasteiger partial charge in [0.1, 0.15) is 5.75 Å². The summed E-state index contributed by atoms with van der Waals surface area (Å²) in [5, 5.41) is 9.57. The highest BCUT2D eigenvalue weighted by atomic mass is 16.5. The van der Waals surface area contributed by atoms with E-state index in [0.29, 0.717) is 18.0 Å². The zero-order valence-corrected chi connectivity index (χ0v) is 15.5. The Labute approximate surface area is 153 Å². The lowest BCUT2D eigenvalue weighted by Gasteiger charge is -2.07. The first-order valence-corrected chi connectivity index (χ1v) is 8.40. The van der Waals surface area contributed by atoms with Crippen LogP contribution in [0.25, 0.3) is 6.08 Å². The van der Waals surface area contributed by atoms with Gasteiger partial charge in [-0.1, -0.05) is 18.2 Å². The number of ether oxygens (including phenoxy) is 1. The molecule has 2 aromatic rings. The molecular weight excluding hydrogens is 332 g/mol. The van der Waals surface area contributed by atoms with Gasteiger partial charge in [-0.15, -0.1) is 0 Å². The Kier molecular flexibility index (Phi) is 6.54. The molecule has 1 heterocycles. The molecule has 0 radical (unpaired) electrons. The van der Waals surface area contributed by atoms with Crippen molar-refractivity contribution in [2.75, 3.05) is 18.5 Å². The number of nitrogens with zero attached hydrogens (tertiary/aromatic N) is 2. The Morgan fingerprint density at radius 3 is 2.65 bits per heavy atom. The van der Waals surface area contributed by atoms with Gasteiger partial charge >= 0.3 is 0 Å². The molecule has 26 heavy (non-hydrogen) atoms. The van der Waals surface area contributed by atoms with Crippen LogP contribution in [0, 0.1) is 13.8 Å². The number of hydrogen-bond donors (Lipinski definition) is 2. The van der Waals surface area contributed by atoms with Crippen LogP contribution in [0.4, 0.5) is 5.69 Å². The number of aromatic nitrogens is 2. The zero-order valence-electron chi connectivity index (χ0n) is 15.5. The molecule has 0 aliphatic rings. The van der Waals surface area contributed by atoms with Gasteiger partial charge in [-0.05, 0) is 32.9 Å². The van der Waals surface area contributed by atoms with Crippen molar-refractivity contribution in [3.8, 4) is 5.75 Å². The Morgan fingerprint density at radius 1 is 1.27 bits per heavy atom. The summed E-state index contributed by atoms with van der Waals surface area (Å²) in [4.78, 5) is 24.0. The van der Waals surface area contributed by atoms with Gasteiger partial charge in [-0.2, -0.15) is 5.10 Å². The van der Waals surface area contributed by atoms with E-state index in [1.54, 1.807) is 10.8 Å². The minimum absolute atomic E-state index is 0.121. The van der Waals surface area contributed by atoms with Crippen LogP contribution in [0.1, 0.15) is 23.9 Å². The predicted octanol–water partition coefficient (Wildman–Crippen LogP) is 2.20. The van der Waals surface area contributed by atoms with Crippen molar-refractivity contribution in [1.29, 1.82) is 0 Å². The van der Waals surface area contributed by atoms with E-state index in [1.165, 1.54) is 6.08 Å². The van der Waals surface area contributed by atoms with Gasteiger partial charge in [-0.25, -0.2) is 0 Å². The first-order valence-electron chi connectivity index (χ1n) is 8.40. The van der Waals surface area contributed by atoms with Crippen molar-refractivity contribution >= 4 is 23.6 Å². The van der Waals surface area contributed by atoms with E-state index >= 15 is 0 Å². The highest BCUT2D eigenvalue weighted by molar-refractivity contribution is 5.98. The molecule has 0 spiro atoms. The van der Waals surface area contributed by atoms with Gasteiger partial charge in [0.15, 0.2) is 0 Å². The van der Waals surface area contributed by atoms with Gasteiger partial charge in [0.25, 0.3) is 0 Å². The van der Waals surface area contributed by atoms with E-state index in [2.05, 4.69) is 15.7 Å². The number of rotatable bonds is 7. The second-order valence-electron chi connectivity index (χ2n) is 5.74. The molecule has 0 aliphatic heterocycles. The monoisotopic (exact) mass is 356 g/mol. The topological polar surface area (TPSA) is 85.2 Å². The van der Waals surface area contributed by atoms with Crippen molar-refractivity contribution in [2.45, 2.75) is 20.8 Å². The largest absolute Gasteiger partial charge is 0.493 e. The minimum atomic E-state index is -0.355. The van der Waals surface area contributed by atoms with Crippen molar-refractivity contribution < 1.29 is 14.3 Å². The van der Waals surface area contributed by atoms with Gasteiger partial charge in [0.05, 0.1) is 30.2 Å². The van der Waals surface area contributed by atoms with Crippen LogP contribution >= 0.6 is 0 Å². The normalized spacial score (nSPS) is 10.8. The van der Waals surface area contributed by atoms with E-state index in [9.17, 15) is 9.59 Å². The Morgan fingerprint density at radius 2 is 2.00 bits per heavy atom. The van der Waals surface area contributed by atoms with E-state index in [1.807, 2.05) is 52.1 Å². The maximum atomic E-state index is 12.0. The van der Waals surface area contributed by atoms with Gasteiger partial charge in [0, 0.05) is 18.7 Å². The van der Waals surface area contributed by atoms with Crippen LogP contribution < -0.4 is 15.4 Å². The fourth-order valence-corrected chi connectivity index (χ4v) is 2.44. The first-order chi connectivity index (χ1) is 12.4. The maximum absolute atomic E-state index is 12.0. The standard InChI is InChI=1S/C19H24N4O3/c1-5-26-16-9-7-6-8-15(16)10-11-17(24)20-12-18(25)21-19-13(2)22-23(4)14(19)3/h6-11H,5,12H2,1-4H3,(H,20,24)(H,21,25)/b11-10+. The van der Waals surface area contributed by atoms with Crippen LogP contribution in [0.5, 0.6) is 5.75 Å². The smallest absolute Gasteiger partial charge is 0.244 e. The molecule has 0 saturated carbocycles. The number of benzene rings is 1. The van der Waals surface area contributed by atoms with Gasteiger partial charge in [0.2, 0.25) is 11.8 Å². The molecule has 0 atom stereocenters. The molecule has 2 amide bonds. The van der Waals surface area contributed by atoms with E-state index in [4.69, 9.17) is 4.74 Å². The molecule has 7 nitrogen and oxygen atoms in total. The van der Waals surface area contributed by atoms with Crippen molar-refractivity contribution in [1.82, 2.24) is 15.1 Å². The quantitative estimate of drug-likeness (QED) is 0.745. The van der Waals surface area contributed by atoms with Crippen molar-refractivity contribution in [2.24, 2.45) is 7.05 Å². The molecule has 138 valence electrons. The number of aryl methyl sites for hydroxylation is 2. The third-order valence-corrected chi connectivity index (χ3v) is 3.83. The van der Waals surface area contributed by atoms with Crippen molar-refractivity contribution in [3.63, 3.8) is 0 Å². The third-order valence-electron chi connectivity index (χ3n) is 3.83. The van der Waals surface area contributed by atoms with Crippen LogP contribution in [-0.4, -0.2) is 34.7 Å². The third kappa shape index (κ3) is 4.95. The SMILES string of the molecule is CCOc1ccccc1/C=C/C(=O)NCC(=O)Nc1c(C)nn(C)c1C.